The Morgan fingerprint density at radius 3 is 2.50 bits per heavy atom. The fourth-order valence-electron chi connectivity index (χ4n) is 2.32. The summed E-state index contributed by atoms with van der Waals surface area (Å²) < 4.78 is 15.7. The van der Waals surface area contributed by atoms with Gasteiger partial charge in [-0.15, -0.1) is 0 Å². The number of carbonyl (C=O) groups excluding carboxylic acids is 1. The number of aromatic nitrogens is 1. The number of hydrogen-bond donors (Lipinski definition) is 0. The maximum atomic E-state index is 12.1. The first kappa shape index (κ1) is 17.4. The second kappa shape index (κ2) is 8.62. The Labute approximate surface area is 151 Å². The molecule has 6 heteroatoms. The first-order valence-corrected chi connectivity index (χ1v) is 8.06. The molecule has 0 saturated heterocycles. The van der Waals surface area contributed by atoms with E-state index in [9.17, 15) is 4.79 Å². The van der Waals surface area contributed by atoms with Gasteiger partial charge in [0.15, 0.2) is 11.3 Å². The summed E-state index contributed by atoms with van der Waals surface area (Å²) in [5.74, 6) is -0.170. The normalized spacial score (nSPS) is 10.8. The van der Waals surface area contributed by atoms with Crippen LogP contribution >= 0.6 is 0 Å². The molecule has 0 amide bonds. The minimum atomic E-state index is -0.570. The van der Waals surface area contributed by atoms with Crippen molar-refractivity contribution < 1.29 is 18.8 Å². The van der Waals surface area contributed by atoms with Crippen LogP contribution in [0.3, 0.4) is 0 Å². The lowest BCUT2D eigenvalue weighted by atomic mass is 10.2. The molecular weight excluding hydrogens is 332 g/mol. The standard InChI is InChI=1S/C20H18N2O4/c1-24-20(23)18-17(13-21-12-15-8-4-2-5-9-15)26-22-19(18)25-14-16-10-6-3-7-11-16/h2-12H,13-14H2,1H3. The van der Waals surface area contributed by atoms with Crippen molar-refractivity contribution in [1.82, 2.24) is 5.16 Å². The smallest absolute Gasteiger partial charge is 0.347 e. The van der Waals surface area contributed by atoms with Crippen LogP contribution in [0.5, 0.6) is 5.88 Å². The highest BCUT2D eigenvalue weighted by Gasteiger charge is 2.25. The quantitative estimate of drug-likeness (QED) is 0.480. The predicted molar refractivity (Wildman–Crippen MR) is 96.4 cm³/mol. The van der Waals surface area contributed by atoms with Crippen molar-refractivity contribution in [3.63, 3.8) is 0 Å². The Bertz CT molecular complexity index is 873. The second-order valence-corrected chi connectivity index (χ2v) is 5.43. The van der Waals surface area contributed by atoms with Gasteiger partial charge < -0.3 is 14.0 Å². The minimum absolute atomic E-state index is 0.102. The minimum Gasteiger partial charge on any atom is -0.470 e. The van der Waals surface area contributed by atoms with E-state index in [1.807, 2.05) is 60.7 Å². The van der Waals surface area contributed by atoms with E-state index in [4.69, 9.17) is 14.0 Å². The Hall–Kier alpha value is -3.41. The Morgan fingerprint density at radius 2 is 1.81 bits per heavy atom. The van der Waals surface area contributed by atoms with E-state index in [-0.39, 0.29) is 24.6 Å². The van der Waals surface area contributed by atoms with Crippen LogP contribution < -0.4 is 4.74 Å². The van der Waals surface area contributed by atoms with Crippen LogP contribution in [0.15, 0.2) is 70.2 Å². The topological polar surface area (TPSA) is 73.9 Å². The number of hydrogen-bond acceptors (Lipinski definition) is 6. The van der Waals surface area contributed by atoms with Crippen molar-refractivity contribution in [3.05, 3.63) is 83.1 Å². The van der Waals surface area contributed by atoms with Gasteiger partial charge in [0, 0.05) is 6.21 Å². The molecule has 0 unspecified atom stereocenters. The number of ether oxygens (including phenoxy) is 2. The lowest BCUT2D eigenvalue weighted by Gasteiger charge is -2.04. The van der Waals surface area contributed by atoms with Gasteiger partial charge in [0.25, 0.3) is 5.88 Å². The number of methoxy groups -OCH3 is 1. The summed E-state index contributed by atoms with van der Waals surface area (Å²) in [6.45, 7) is 0.422. The lowest BCUT2D eigenvalue weighted by Crippen LogP contribution is -2.07. The molecule has 0 aliphatic rings. The zero-order valence-corrected chi connectivity index (χ0v) is 14.3. The molecular formula is C20H18N2O4. The predicted octanol–water partition coefficient (Wildman–Crippen LogP) is 3.66. The van der Waals surface area contributed by atoms with E-state index >= 15 is 0 Å². The van der Waals surface area contributed by atoms with Crippen LogP contribution in [-0.2, 0) is 17.9 Å². The molecule has 0 aliphatic carbocycles. The van der Waals surface area contributed by atoms with Crippen molar-refractivity contribution in [2.45, 2.75) is 13.2 Å². The maximum absolute atomic E-state index is 12.1. The summed E-state index contributed by atoms with van der Waals surface area (Å²) in [6, 6.07) is 19.2. The van der Waals surface area contributed by atoms with Crippen LogP contribution in [0.2, 0.25) is 0 Å². The van der Waals surface area contributed by atoms with E-state index < -0.39 is 5.97 Å². The van der Waals surface area contributed by atoms with E-state index in [1.54, 1.807) is 6.21 Å². The van der Waals surface area contributed by atoms with E-state index in [0.717, 1.165) is 11.1 Å². The van der Waals surface area contributed by atoms with E-state index in [2.05, 4.69) is 10.1 Å². The first-order valence-electron chi connectivity index (χ1n) is 8.06. The summed E-state index contributed by atoms with van der Waals surface area (Å²) in [4.78, 5) is 16.4. The van der Waals surface area contributed by atoms with E-state index in [1.165, 1.54) is 7.11 Å². The molecule has 3 rings (SSSR count). The monoisotopic (exact) mass is 350 g/mol. The summed E-state index contributed by atoms with van der Waals surface area (Å²) in [6.07, 6.45) is 1.70. The van der Waals surface area contributed by atoms with Crippen molar-refractivity contribution in [2.75, 3.05) is 7.11 Å². The van der Waals surface area contributed by atoms with Gasteiger partial charge in [-0.2, -0.15) is 0 Å². The zero-order chi connectivity index (χ0) is 18.2. The van der Waals surface area contributed by atoms with Gasteiger partial charge in [0.05, 0.1) is 7.11 Å². The highest BCUT2D eigenvalue weighted by molar-refractivity contribution is 5.93. The highest BCUT2D eigenvalue weighted by atomic mass is 16.6. The summed E-state index contributed by atoms with van der Waals surface area (Å²) in [5.41, 5.74) is 2.07. The van der Waals surface area contributed by atoms with Gasteiger partial charge in [0.2, 0.25) is 0 Å². The number of benzene rings is 2. The third-order valence-corrected chi connectivity index (χ3v) is 3.61. The van der Waals surface area contributed by atoms with Gasteiger partial charge in [-0.3, -0.25) is 4.99 Å². The molecule has 1 aromatic heterocycles. The maximum Gasteiger partial charge on any atom is 0.347 e. The van der Waals surface area contributed by atoms with Crippen LogP contribution in [-0.4, -0.2) is 24.5 Å². The summed E-state index contributed by atoms with van der Waals surface area (Å²) in [5, 5.41) is 3.85. The SMILES string of the molecule is COC(=O)c1c(OCc2ccccc2)noc1CN=Cc1ccccc1. The number of nitrogens with zero attached hydrogens (tertiary/aromatic N) is 2. The highest BCUT2D eigenvalue weighted by Crippen LogP contribution is 2.24. The van der Waals surface area contributed by atoms with Gasteiger partial charge in [-0.05, 0) is 16.3 Å². The molecule has 0 atom stereocenters. The van der Waals surface area contributed by atoms with Crippen LogP contribution in [0.4, 0.5) is 0 Å². The Balaban J connectivity index is 1.74. The van der Waals surface area contributed by atoms with Gasteiger partial charge in [-0.1, -0.05) is 60.7 Å². The van der Waals surface area contributed by atoms with Crippen molar-refractivity contribution >= 4 is 12.2 Å². The van der Waals surface area contributed by atoms with Crippen molar-refractivity contribution in [3.8, 4) is 5.88 Å². The number of esters is 1. The molecule has 3 aromatic rings. The summed E-state index contributed by atoms with van der Waals surface area (Å²) in [7, 11) is 1.30. The van der Waals surface area contributed by atoms with Gasteiger partial charge >= 0.3 is 5.97 Å². The molecule has 132 valence electrons. The van der Waals surface area contributed by atoms with Crippen LogP contribution in [0, 0.1) is 0 Å². The summed E-state index contributed by atoms with van der Waals surface area (Å²) >= 11 is 0. The second-order valence-electron chi connectivity index (χ2n) is 5.43. The number of aliphatic imine (C=N–C) groups is 1. The fraction of sp³-hybridized carbons (Fsp3) is 0.150. The molecule has 0 radical (unpaired) electrons. The van der Waals surface area contributed by atoms with Crippen LogP contribution in [0.25, 0.3) is 0 Å². The largest absolute Gasteiger partial charge is 0.470 e. The molecule has 6 nitrogen and oxygen atoms in total. The molecule has 0 saturated carbocycles. The molecule has 0 N–H and O–H groups in total. The molecule has 0 fully saturated rings. The first-order chi connectivity index (χ1) is 12.8. The Kier molecular flexibility index (Phi) is 5.77. The third kappa shape index (κ3) is 4.36. The van der Waals surface area contributed by atoms with Crippen molar-refractivity contribution in [2.24, 2.45) is 4.99 Å². The van der Waals surface area contributed by atoms with Crippen molar-refractivity contribution in [1.29, 1.82) is 0 Å². The molecule has 26 heavy (non-hydrogen) atoms. The zero-order valence-electron chi connectivity index (χ0n) is 14.3. The fourth-order valence-corrected chi connectivity index (χ4v) is 2.32. The molecule has 1 heterocycles. The molecule has 0 bridgehead atoms. The van der Waals surface area contributed by atoms with Crippen LogP contribution in [0.1, 0.15) is 27.2 Å². The molecule has 2 aromatic carbocycles. The third-order valence-electron chi connectivity index (χ3n) is 3.61. The number of rotatable bonds is 7. The van der Waals surface area contributed by atoms with E-state index in [0.29, 0.717) is 5.76 Å². The molecule has 0 aliphatic heterocycles. The molecule has 0 spiro atoms. The number of carbonyl (C=O) groups is 1. The van der Waals surface area contributed by atoms with Gasteiger partial charge in [-0.25, -0.2) is 4.79 Å². The average Bonchev–Trinajstić information content (AvgIpc) is 3.10. The Morgan fingerprint density at radius 1 is 1.12 bits per heavy atom. The lowest BCUT2D eigenvalue weighted by molar-refractivity contribution is 0.0593. The average molecular weight is 350 g/mol. The van der Waals surface area contributed by atoms with Gasteiger partial charge in [0.1, 0.15) is 13.2 Å².